The van der Waals surface area contributed by atoms with E-state index >= 15 is 0 Å². The molecule has 1 fully saturated rings. The van der Waals surface area contributed by atoms with E-state index in [0.717, 1.165) is 69.4 Å². The molecular formula is C45H89N2O4+. The van der Waals surface area contributed by atoms with Gasteiger partial charge in [0.2, 0.25) is 0 Å². The summed E-state index contributed by atoms with van der Waals surface area (Å²) in [4.78, 5) is 26.9. The Morgan fingerprint density at radius 1 is 0.451 bits per heavy atom. The number of hydrogen-bond acceptors (Lipinski definition) is 5. The Hall–Kier alpha value is -1.14. The average Bonchev–Trinajstić information content (AvgIpc) is 3.12. The van der Waals surface area contributed by atoms with E-state index in [1.807, 2.05) is 0 Å². The summed E-state index contributed by atoms with van der Waals surface area (Å²) >= 11 is 0. The Balaban J connectivity index is 1.87. The summed E-state index contributed by atoms with van der Waals surface area (Å²) in [5.74, 6) is -0.0606. The van der Waals surface area contributed by atoms with E-state index in [0.29, 0.717) is 26.1 Å². The van der Waals surface area contributed by atoms with Crippen LogP contribution in [0.25, 0.3) is 0 Å². The van der Waals surface area contributed by atoms with Crippen LogP contribution in [0.15, 0.2) is 0 Å². The van der Waals surface area contributed by atoms with Crippen LogP contribution in [-0.2, 0) is 19.1 Å². The third-order valence-electron chi connectivity index (χ3n) is 11.4. The molecule has 0 saturated carbocycles. The summed E-state index contributed by atoms with van der Waals surface area (Å²) in [6, 6.07) is 0. The van der Waals surface area contributed by atoms with Crippen LogP contribution in [0.5, 0.6) is 0 Å². The second-order valence-corrected chi connectivity index (χ2v) is 16.5. The largest absolute Gasteiger partial charge is 0.464 e. The van der Waals surface area contributed by atoms with E-state index in [9.17, 15) is 9.59 Å². The molecule has 0 amide bonds. The molecule has 0 spiro atoms. The minimum absolute atomic E-state index is 0.0268. The molecule has 0 aromatic carbocycles. The van der Waals surface area contributed by atoms with Crippen LogP contribution in [0.3, 0.4) is 0 Å². The zero-order valence-corrected chi connectivity index (χ0v) is 34.8. The number of nitrogens with zero attached hydrogens (tertiary/aromatic N) is 2. The van der Waals surface area contributed by atoms with E-state index in [-0.39, 0.29) is 11.9 Å². The highest BCUT2D eigenvalue weighted by atomic mass is 16.5. The molecule has 0 aromatic heterocycles. The van der Waals surface area contributed by atoms with Gasteiger partial charge in [-0.1, -0.05) is 194 Å². The van der Waals surface area contributed by atoms with Crippen molar-refractivity contribution in [3.05, 3.63) is 0 Å². The van der Waals surface area contributed by atoms with Gasteiger partial charge in [-0.2, -0.15) is 0 Å². The number of esters is 2. The fourth-order valence-electron chi connectivity index (χ4n) is 7.53. The van der Waals surface area contributed by atoms with Crippen molar-refractivity contribution < 1.29 is 23.5 Å². The molecule has 6 nitrogen and oxygen atoms in total. The lowest BCUT2D eigenvalue weighted by Crippen LogP contribution is -2.58. The maximum atomic E-state index is 12.3. The number of unbranched alkanes of at least 4 members (excludes halogenated alkanes) is 28. The Morgan fingerprint density at radius 2 is 0.745 bits per heavy atom. The maximum Gasteiger partial charge on any atom is 0.305 e. The van der Waals surface area contributed by atoms with Crippen LogP contribution in [0.2, 0.25) is 0 Å². The highest BCUT2D eigenvalue weighted by Crippen LogP contribution is 2.16. The van der Waals surface area contributed by atoms with E-state index in [1.165, 1.54) is 167 Å². The Bertz CT molecular complexity index is 767. The van der Waals surface area contributed by atoms with Gasteiger partial charge < -0.3 is 14.0 Å². The first-order chi connectivity index (χ1) is 25.0. The van der Waals surface area contributed by atoms with Crippen molar-refractivity contribution in [1.29, 1.82) is 0 Å². The van der Waals surface area contributed by atoms with Gasteiger partial charge >= 0.3 is 11.9 Å². The van der Waals surface area contributed by atoms with Crippen LogP contribution in [0.1, 0.15) is 219 Å². The molecule has 0 unspecified atom stereocenters. The summed E-state index contributed by atoms with van der Waals surface area (Å²) < 4.78 is 12.1. The summed E-state index contributed by atoms with van der Waals surface area (Å²) in [7, 11) is 2.27. The number of quaternary nitrogens is 1. The molecule has 0 N–H and O–H groups in total. The number of hydrogen-bond donors (Lipinski definition) is 0. The summed E-state index contributed by atoms with van der Waals surface area (Å²) in [5.41, 5.74) is 0. The molecule has 0 aromatic rings. The number of likely N-dealkylation sites (N-methyl/N-ethyl adjacent to an activating group) is 1. The second kappa shape index (κ2) is 35.9. The SMILES string of the molecule is CCCCCCCCCCCCCCCCCC(=O)OCCN1CC[N+](C)(CCOC(=O)CCCCCCCCCCCCCCCCC)CC1. The molecule has 1 rings (SSSR count). The summed E-state index contributed by atoms with van der Waals surface area (Å²) in [5, 5.41) is 0. The zero-order valence-electron chi connectivity index (χ0n) is 34.8. The van der Waals surface area contributed by atoms with Gasteiger partial charge in [0.1, 0.15) is 19.8 Å². The van der Waals surface area contributed by atoms with Gasteiger partial charge in [0.25, 0.3) is 0 Å². The minimum Gasteiger partial charge on any atom is -0.464 e. The fraction of sp³-hybridized carbons (Fsp3) is 0.956. The number of piperazine rings is 1. The molecule has 0 bridgehead atoms. The summed E-state index contributed by atoms with van der Waals surface area (Å²) in [6.07, 6.45) is 41.2. The normalized spacial score (nSPS) is 14.6. The molecule has 6 heteroatoms. The van der Waals surface area contributed by atoms with E-state index in [4.69, 9.17) is 9.47 Å². The smallest absolute Gasteiger partial charge is 0.305 e. The average molecular weight is 722 g/mol. The lowest BCUT2D eigenvalue weighted by molar-refractivity contribution is -0.913. The highest BCUT2D eigenvalue weighted by molar-refractivity contribution is 5.69. The van der Waals surface area contributed by atoms with Gasteiger partial charge in [-0.3, -0.25) is 14.5 Å². The minimum atomic E-state index is -0.0338. The van der Waals surface area contributed by atoms with E-state index < -0.39 is 0 Å². The van der Waals surface area contributed by atoms with Crippen LogP contribution in [0.4, 0.5) is 0 Å². The molecule has 1 aliphatic heterocycles. The Labute approximate surface area is 318 Å². The molecule has 1 heterocycles. The third kappa shape index (κ3) is 32.0. The van der Waals surface area contributed by atoms with Gasteiger partial charge in [0, 0.05) is 32.5 Å². The van der Waals surface area contributed by atoms with Crippen molar-refractivity contribution in [3.8, 4) is 0 Å². The standard InChI is InChI=1S/C45H89N2O4/c1-4-6-8-10-12-14-16-18-20-22-24-26-28-30-32-34-44(48)50-42-38-46-36-39-47(3,40-37-46)41-43-51-45(49)35-33-31-29-27-25-23-21-19-17-15-13-11-9-7-5-2/h4-43H2,1-3H3/q+1. The number of rotatable bonds is 38. The predicted molar refractivity (Wildman–Crippen MR) is 218 cm³/mol. The van der Waals surface area contributed by atoms with E-state index in [1.54, 1.807) is 0 Å². The van der Waals surface area contributed by atoms with Crippen molar-refractivity contribution in [1.82, 2.24) is 4.90 Å². The van der Waals surface area contributed by atoms with Crippen LogP contribution in [0, 0.1) is 0 Å². The number of carbonyl (C=O) groups excluding carboxylic acids is 2. The van der Waals surface area contributed by atoms with Crippen molar-refractivity contribution in [2.45, 2.75) is 219 Å². The molecule has 0 radical (unpaired) electrons. The van der Waals surface area contributed by atoms with Crippen LogP contribution < -0.4 is 0 Å². The lowest BCUT2D eigenvalue weighted by Gasteiger charge is -2.41. The first kappa shape index (κ1) is 47.9. The first-order valence-corrected chi connectivity index (χ1v) is 22.9. The Kier molecular flexibility index (Phi) is 33.7. The van der Waals surface area contributed by atoms with Crippen molar-refractivity contribution in [3.63, 3.8) is 0 Å². The number of ether oxygens (including phenoxy) is 2. The fourth-order valence-corrected chi connectivity index (χ4v) is 7.53. The predicted octanol–water partition coefficient (Wildman–Crippen LogP) is 12.4. The van der Waals surface area contributed by atoms with Gasteiger partial charge in [0.05, 0.1) is 20.1 Å². The highest BCUT2D eigenvalue weighted by Gasteiger charge is 2.28. The number of carbonyl (C=O) groups is 2. The monoisotopic (exact) mass is 722 g/mol. The molecule has 0 atom stereocenters. The maximum absolute atomic E-state index is 12.3. The quantitative estimate of drug-likeness (QED) is 0.0361. The van der Waals surface area contributed by atoms with Gasteiger partial charge in [-0.25, -0.2) is 0 Å². The van der Waals surface area contributed by atoms with Crippen molar-refractivity contribution in [2.24, 2.45) is 0 Å². The molecular weight excluding hydrogens is 633 g/mol. The molecule has 1 aliphatic rings. The van der Waals surface area contributed by atoms with Crippen LogP contribution >= 0.6 is 0 Å². The van der Waals surface area contributed by atoms with Crippen molar-refractivity contribution >= 4 is 11.9 Å². The third-order valence-corrected chi connectivity index (χ3v) is 11.4. The van der Waals surface area contributed by atoms with E-state index in [2.05, 4.69) is 25.8 Å². The van der Waals surface area contributed by atoms with Crippen molar-refractivity contribution in [2.75, 3.05) is 59.5 Å². The van der Waals surface area contributed by atoms with Gasteiger partial charge in [-0.05, 0) is 12.8 Å². The summed E-state index contributed by atoms with van der Waals surface area (Å²) in [6.45, 7) is 11.4. The van der Waals surface area contributed by atoms with Gasteiger partial charge in [-0.15, -0.1) is 0 Å². The molecule has 302 valence electrons. The molecule has 51 heavy (non-hydrogen) atoms. The lowest BCUT2D eigenvalue weighted by atomic mass is 10.0. The Morgan fingerprint density at radius 3 is 1.08 bits per heavy atom. The zero-order chi connectivity index (χ0) is 36.9. The van der Waals surface area contributed by atoms with Crippen LogP contribution in [-0.4, -0.2) is 80.9 Å². The molecule has 0 aliphatic carbocycles. The first-order valence-electron chi connectivity index (χ1n) is 22.9. The topological polar surface area (TPSA) is 55.8 Å². The van der Waals surface area contributed by atoms with Gasteiger partial charge in [0.15, 0.2) is 0 Å². The second-order valence-electron chi connectivity index (χ2n) is 16.5. The molecule has 1 saturated heterocycles.